The van der Waals surface area contributed by atoms with Crippen LogP contribution < -0.4 is 9.13 Å². The molecule has 114 valence electrons. The third-order valence-corrected chi connectivity index (χ3v) is 5.16. The van der Waals surface area contributed by atoms with Crippen LogP contribution in [0.25, 0.3) is 22.5 Å². The Hall–Kier alpha value is -2.48. The summed E-state index contributed by atoms with van der Waals surface area (Å²) in [5.74, 6) is 0. The van der Waals surface area contributed by atoms with Gasteiger partial charge in [-0.2, -0.15) is 9.13 Å². The second-order valence-corrected chi connectivity index (χ2v) is 6.96. The fraction of sp³-hybridized carbons (Fsp3) is 0.238. The van der Waals surface area contributed by atoms with Gasteiger partial charge in [0.15, 0.2) is 12.4 Å². The van der Waals surface area contributed by atoms with E-state index in [-0.39, 0.29) is 5.41 Å². The van der Waals surface area contributed by atoms with E-state index in [4.69, 9.17) is 0 Å². The van der Waals surface area contributed by atoms with Crippen molar-refractivity contribution < 1.29 is 9.13 Å². The van der Waals surface area contributed by atoms with Gasteiger partial charge in [0.1, 0.15) is 14.1 Å². The summed E-state index contributed by atoms with van der Waals surface area (Å²) in [5.41, 5.74) is 8.07. The molecular formula is C21H22N2+2. The molecule has 0 fully saturated rings. The minimum Gasteiger partial charge on any atom is -0.196 e. The van der Waals surface area contributed by atoms with Crippen molar-refractivity contribution in [3.8, 4) is 22.5 Å². The minimum atomic E-state index is 0.0439. The summed E-state index contributed by atoms with van der Waals surface area (Å²) >= 11 is 0. The summed E-state index contributed by atoms with van der Waals surface area (Å²) in [4.78, 5) is 0. The van der Waals surface area contributed by atoms with E-state index in [2.05, 4.69) is 98.0 Å². The number of fused-ring (bicyclic) bond motifs is 3. The van der Waals surface area contributed by atoms with Crippen molar-refractivity contribution in [2.75, 3.05) is 0 Å². The third kappa shape index (κ3) is 1.94. The maximum atomic E-state index is 2.37. The Morgan fingerprint density at radius 2 is 1.48 bits per heavy atom. The monoisotopic (exact) mass is 302 g/mol. The summed E-state index contributed by atoms with van der Waals surface area (Å²) in [7, 11) is 4.24. The molecule has 0 atom stereocenters. The van der Waals surface area contributed by atoms with Gasteiger partial charge in [0, 0.05) is 23.6 Å². The van der Waals surface area contributed by atoms with E-state index in [1.807, 2.05) is 0 Å². The molecule has 1 aromatic carbocycles. The highest BCUT2D eigenvalue weighted by Crippen LogP contribution is 2.48. The quantitative estimate of drug-likeness (QED) is 0.609. The van der Waals surface area contributed by atoms with E-state index in [0.717, 1.165) is 0 Å². The Balaban J connectivity index is 2.01. The normalized spacial score (nSPS) is 14.4. The lowest BCUT2D eigenvalue weighted by Crippen LogP contribution is -2.38. The van der Waals surface area contributed by atoms with Crippen molar-refractivity contribution in [3.63, 3.8) is 0 Å². The van der Waals surface area contributed by atoms with E-state index in [9.17, 15) is 0 Å². The molecule has 4 rings (SSSR count). The summed E-state index contributed by atoms with van der Waals surface area (Å²) in [5, 5.41) is 0. The highest BCUT2D eigenvalue weighted by atomic mass is 15.0. The number of rotatable bonds is 1. The second kappa shape index (κ2) is 4.76. The SMILES string of the molecule is C[n+]1ccccc1-c1cc2c(c[n+]1C)-c1ccccc1C2(C)C. The summed E-state index contributed by atoms with van der Waals surface area (Å²) in [6, 6.07) is 17.5. The van der Waals surface area contributed by atoms with Crippen LogP contribution in [0.3, 0.4) is 0 Å². The average molecular weight is 302 g/mol. The molecule has 2 aromatic heterocycles. The predicted molar refractivity (Wildman–Crippen MR) is 91.8 cm³/mol. The number of nitrogens with zero attached hydrogens (tertiary/aromatic N) is 2. The summed E-state index contributed by atoms with van der Waals surface area (Å²) in [6.45, 7) is 4.65. The highest BCUT2D eigenvalue weighted by molar-refractivity contribution is 5.80. The largest absolute Gasteiger partial charge is 0.277 e. The average Bonchev–Trinajstić information content (AvgIpc) is 2.76. The van der Waals surface area contributed by atoms with Crippen LogP contribution in [-0.4, -0.2) is 0 Å². The van der Waals surface area contributed by atoms with Crippen LogP contribution in [-0.2, 0) is 19.5 Å². The Labute approximate surface area is 137 Å². The molecule has 2 heterocycles. The molecule has 2 nitrogen and oxygen atoms in total. The van der Waals surface area contributed by atoms with Gasteiger partial charge in [-0.25, -0.2) is 0 Å². The van der Waals surface area contributed by atoms with Crippen molar-refractivity contribution in [1.82, 2.24) is 0 Å². The molecule has 0 spiro atoms. The predicted octanol–water partition coefficient (Wildman–Crippen LogP) is 3.31. The lowest BCUT2D eigenvalue weighted by atomic mass is 9.82. The van der Waals surface area contributed by atoms with Crippen LogP contribution in [0, 0.1) is 0 Å². The van der Waals surface area contributed by atoms with Gasteiger partial charge in [0.05, 0.1) is 5.56 Å². The fourth-order valence-corrected chi connectivity index (χ4v) is 3.83. The zero-order chi connectivity index (χ0) is 16.2. The molecule has 0 aliphatic heterocycles. The number of benzene rings is 1. The van der Waals surface area contributed by atoms with Gasteiger partial charge in [0.25, 0.3) is 11.4 Å². The first-order chi connectivity index (χ1) is 11.0. The first kappa shape index (κ1) is 14.1. The molecule has 0 amide bonds. The molecule has 0 bridgehead atoms. The number of hydrogen-bond acceptors (Lipinski definition) is 0. The molecule has 0 saturated carbocycles. The van der Waals surface area contributed by atoms with Crippen molar-refractivity contribution >= 4 is 0 Å². The van der Waals surface area contributed by atoms with E-state index < -0.39 is 0 Å². The fourth-order valence-electron chi connectivity index (χ4n) is 3.83. The van der Waals surface area contributed by atoms with Gasteiger partial charge in [-0.3, -0.25) is 0 Å². The lowest BCUT2D eigenvalue weighted by Gasteiger charge is -2.20. The number of aryl methyl sites for hydroxylation is 2. The highest BCUT2D eigenvalue weighted by Gasteiger charge is 2.38. The molecular weight excluding hydrogens is 280 g/mol. The van der Waals surface area contributed by atoms with E-state index in [1.165, 1.54) is 33.6 Å². The zero-order valence-corrected chi connectivity index (χ0v) is 14.2. The second-order valence-electron chi connectivity index (χ2n) is 6.96. The van der Waals surface area contributed by atoms with Crippen LogP contribution in [0.2, 0.25) is 0 Å². The molecule has 0 unspecified atom stereocenters. The standard InChI is InChI=1S/C21H22N2/c1-21(2)17-10-6-5-9-15(17)16-14-23(4)20(13-18(16)21)19-11-7-8-12-22(19)3/h5-14H,1-4H3/q+2. The molecule has 1 aliphatic rings. The summed E-state index contributed by atoms with van der Waals surface area (Å²) < 4.78 is 4.42. The van der Waals surface area contributed by atoms with E-state index >= 15 is 0 Å². The topological polar surface area (TPSA) is 7.76 Å². The first-order valence-electron chi connectivity index (χ1n) is 8.09. The zero-order valence-electron chi connectivity index (χ0n) is 14.2. The van der Waals surface area contributed by atoms with Gasteiger partial charge in [-0.1, -0.05) is 38.1 Å². The van der Waals surface area contributed by atoms with Gasteiger partial charge in [-0.05, 0) is 22.8 Å². The first-order valence-corrected chi connectivity index (χ1v) is 8.09. The number of aromatic nitrogens is 2. The van der Waals surface area contributed by atoms with Crippen LogP contribution in [0.4, 0.5) is 0 Å². The van der Waals surface area contributed by atoms with Gasteiger partial charge >= 0.3 is 0 Å². The smallest absolute Gasteiger partial charge is 0.196 e. The van der Waals surface area contributed by atoms with Crippen molar-refractivity contribution in [1.29, 1.82) is 0 Å². The molecule has 0 N–H and O–H groups in total. The maximum absolute atomic E-state index is 2.37. The maximum Gasteiger partial charge on any atom is 0.277 e. The molecule has 1 aliphatic carbocycles. The minimum absolute atomic E-state index is 0.0439. The number of hydrogen-bond donors (Lipinski definition) is 0. The molecule has 0 saturated heterocycles. The van der Waals surface area contributed by atoms with Crippen molar-refractivity contribution in [2.24, 2.45) is 14.1 Å². The molecule has 0 radical (unpaired) electrons. The third-order valence-electron chi connectivity index (χ3n) is 5.16. The Kier molecular flexibility index (Phi) is 2.92. The van der Waals surface area contributed by atoms with Crippen LogP contribution in [0.15, 0.2) is 60.9 Å². The van der Waals surface area contributed by atoms with Crippen molar-refractivity contribution in [2.45, 2.75) is 19.3 Å². The number of pyridine rings is 2. The van der Waals surface area contributed by atoms with Gasteiger partial charge in [0.2, 0.25) is 0 Å². The van der Waals surface area contributed by atoms with E-state index in [0.29, 0.717) is 0 Å². The Morgan fingerprint density at radius 1 is 0.739 bits per heavy atom. The van der Waals surface area contributed by atoms with Crippen LogP contribution in [0.1, 0.15) is 25.0 Å². The van der Waals surface area contributed by atoms with Crippen LogP contribution in [0.5, 0.6) is 0 Å². The van der Waals surface area contributed by atoms with Crippen LogP contribution >= 0.6 is 0 Å². The molecule has 3 aromatic rings. The summed E-state index contributed by atoms with van der Waals surface area (Å²) in [6.07, 6.45) is 4.38. The van der Waals surface area contributed by atoms with Gasteiger partial charge < -0.3 is 0 Å². The van der Waals surface area contributed by atoms with E-state index in [1.54, 1.807) is 0 Å². The Morgan fingerprint density at radius 3 is 2.26 bits per heavy atom. The molecule has 23 heavy (non-hydrogen) atoms. The lowest BCUT2D eigenvalue weighted by molar-refractivity contribution is -0.690. The van der Waals surface area contributed by atoms with Gasteiger partial charge in [-0.15, -0.1) is 0 Å². The Bertz CT molecular complexity index is 923. The van der Waals surface area contributed by atoms with Crippen molar-refractivity contribution in [3.05, 3.63) is 72.1 Å². The molecule has 2 heteroatoms.